The van der Waals surface area contributed by atoms with E-state index in [9.17, 15) is 25.2 Å². The van der Waals surface area contributed by atoms with E-state index in [0.717, 1.165) is 77.9 Å². The number of rotatable bonds is 17. The van der Waals surface area contributed by atoms with Crippen molar-refractivity contribution in [2.45, 2.75) is 177 Å². The molecule has 0 aromatic heterocycles. The highest BCUT2D eigenvalue weighted by Crippen LogP contribution is 2.68. The van der Waals surface area contributed by atoms with E-state index in [0.29, 0.717) is 107 Å². The monoisotopic (exact) mass is 1750 g/mol. The van der Waals surface area contributed by atoms with Gasteiger partial charge in [-0.2, -0.15) is 10.5 Å². The minimum Gasteiger partial charge on any atom is -0.504 e. The Bertz CT molecular complexity index is 5450. The molecule has 4 fully saturated rings. The molecule has 14 heterocycles. The van der Waals surface area contributed by atoms with Crippen molar-refractivity contribution in [2.75, 3.05) is 120 Å². The maximum atomic E-state index is 15.2. The van der Waals surface area contributed by atoms with E-state index in [1.165, 1.54) is 14.2 Å². The largest absolute Gasteiger partial charge is 0.514 e. The molecule has 14 aliphatic heterocycles. The molecule has 664 valence electrons. The van der Waals surface area contributed by atoms with Crippen LogP contribution >= 0.6 is 23.5 Å². The summed E-state index contributed by atoms with van der Waals surface area (Å²) in [6.07, 6.45) is 8.30. The van der Waals surface area contributed by atoms with Crippen LogP contribution in [0.5, 0.6) is 80.5 Å². The summed E-state index contributed by atoms with van der Waals surface area (Å²) in [6.45, 7) is 30.8. The maximum absolute atomic E-state index is 15.2. The molecule has 0 aliphatic carbocycles. The molecular weight excluding hydrogens is 1640 g/mol. The molecule has 125 heavy (non-hydrogen) atoms. The topological polar surface area (TPSA) is 304 Å². The number of nitrogens with zero attached hydrogens (tertiary/aromatic N) is 6. The van der Waals surface area contributed by atoms with Crippen molar-refractivity contribution in [3.63, 3.8) is 0 Å². The normalized spacial score (nSPS) is 26.6. The average molecular weight is 1750 g/mol. The Labute approximate surface area is 739 Å². The summed E-state index contributed by atoms with van der Waals surface area (Å²) in [6, 6.07) is 12.3. The quantitative estimate of drug-likeness (QED) is 0.0331. The number of hydrogen-bond donors (Lipinski definition) is 3. The maximum Gasteiger partial charge on any atom is 0.514 e. The Morgan fingerprint density at radius 3 is 1.35 bits per heavy atom. The lowest BCUT2D eigenvalue weighted by Gasteiger charge is -2.62. The van der Waals surface area contributed by atoms with Gasteiger partial charge >= 0.3 is 18.1 Å². The van der Waals surface area contributed by atoms with Gasteiger partial charge in [0.2, 0.25) is 13.6 Å². The molecule has 0 saturated carbocycles. The van der Waals surface area contributed by atoms with Crippen molar-refractivity contribution in [1.29, 1.82) is 10.5 Å². The summed E-state index contributed by atoms with van der Waals surface area (Å²) in [7, 11) is 10.5. The fourth-order valence-corrected chi connectivity index (χ4v) is 24.8. The number of likely N-dealkylation sites (N-methyl/N-ethyl adjacent to an activating group) is 2. The summed E-state index contributed by atoms with van der Waals surface area (Å²) in [5.74, 6) is 6.34. The zero-order chi connectivity index (χ0) is 86.7. The van der Waals surface area contributed by atoms with Crippen LogP contribution in [0.3, 0.4) is 0 Å². The molecule has 3 N–H and O–H groups in total. The van der Waals surface area contributed by atoms with Gasteiger partial charge in [-0.1, -0.05) is 77.6 Å². The predicted molar refractivity (Wildman–Crippen MR) is 471 cm³/mol. The number of hydrogen-bond acceptors (Lipinski definition) is 30. The summed E-state index contributed by atoms with van der Waals surface area (Å²) in [5, 5.41) is 39.8. The van der Waals surface area contributed by atoms with Crippen molar-refractivity contribution < 1.29 is 95.3 Å². The molecule has 28 nitrogen and oxygen atoms in total. The molecule has 6 aromatic rings. The first-order chi connectivity index (χ1) is 59.3. The van der Waals surface area contributed by atoms with E-state index in [4.69, 9.17) is 75.8 Å². The second-order valence-electron chi connectivity index (χ2n) is 33.9. The summed E-state index contributed by atoms with van der Waals surface area (Å²) in [4.78, 5) is 52.2. The average Bonchev–Trinajstić information content (AvgIpc) is 1.61. The third-order valence-corrected chi connectivity index (χ3v) is 29.2. The molecule has 14 atom stereocenters. The van der Waals surface area contributed by atoms with Gasteiger partial charge in [-0.25, -0.2) is 14.4 Å². The van der Waals surface area contributed by atoms with Crippen LogP contribution in [0.15, 0.2) is 87.0 Å². The van der Waals surface area contributed by atoms with E-state index in [-0.39, 0.29) is 133 Å². The third kappa shape index (κ3) is 14.2. The Hall–Kier alpha value is -10.7. The standard InChI is InChI=1S/C49H56N4O11S.C44H48N4O9S.2CH4/c1-11-15-58-41-26(4)42-44(62-24-61-42)36-32-22-60-46(54)49(29-20-33(56-9)34(19-27(29)13-14-51-49)63-47(55)64-48(5,6)7)23-65-45(37(36)41)39-38-35-28(18-30(52(38)8)31(21-50)53(32)39)17-25(3)40(57-10)43(35)59-16-12-2;1-8-12-53-38-23(4)39-41(57-21-56-39)33-29-19-55-43(50)44(26-17-31(51-6)30(49)16-24(26)10-11-46-44)20-58-42(34(33)38)36-35-32-25(15-27(47(35)5)28(18-45)48(29)36)14-22(3)37(52-7)40(32)54-13-9-2;;/h11-12,17,19-20,30-32,38-39,45,51H,1-2,13-16,18,22-24H2,3-10H3;8-9,14,16-17,27-29,35-36,42,46,49H,1-2,10-13,15,19-21H2,3-7H3;2*1H4/t30-,31-,32-,38+,39?,45+,49+;27-,28-,29-,35+,36?,42+,44+;;/m00../s1. The Balaban J connectivity index is 0.000000191. The van der Waals surface area contributed by atoms with Crippen LogP contribution in [-0.4, -0.2) is 205 Å². The number of nitriles is 2. The lowest BCUT2D eigenvalue weighted by atomic mass is 9.71. The summed E-state index contributed by atoms with van der Waals surface area (Å²) >= 11 is 3.20. The molecule has 8 bridgehead atoms. The second kappa shape index (κ2) is 34.9. The van der Waals surface area contributed by atoms with Crippen LogP contribution in [0.2, 0.25) is 0 Å². The van der Waals surface area contributed by atoms with E-state index >= 15 is 4.79 Å². The number of thioether (sulfide) groups is 2. The number of phenolic OH excluding ortho intramolecular Hbond substituents is 1. The van der Waals surface area contributed by atoms with Crippen LogP contribution in [0.25, 0.3) is 0 Å². The minimum atomic E-state index is -1.38. The van der Waals surface area contributed by atoms with Crippen molar-refractivity contribution in [3.8, 4) is 92.6 Å². The number of benzene rings is 6. The number of carbonyl (C=O) groups excluding carboxylic acids is 3. The second-order valence-corrected chi connectivity index (χ2v) is 36.2. The zero-order valence-electron chi connectivity index (χ0n) is 71.5. The molecule has 6 aromatic carbocycles. The van der Waals surface area contributed by atoms with Gasteiger partial charge in [0, 0.05) is 93.3 Å². The number of carbonyl (C=O) groups is 3. The van der Waals surface area contributed by atoms with E-state index in [1.807, 2.05) is 27.7 Å². The van der Waals surface area contributed by atoms with Gasteiger partial charge in [-0.15, -0.1) is 23.5 Å². The first kappa shape index (κ1) is 89.2. The van der Waals surface area contributed by atoms with E-state index < -0.39 is 75.5 Å². The highest BCUT2D eigenvalue weighted by Gasteiger charge is 2.65. The van der Waals surface area contributed by atoms with Crippen molar-refractivity contribution in [1.82, 2.24) is 30.2 Å². The highest BCUT2D eigenvalue weighted by atomic mass is 32.2. The van der Waals surface area contributed by atoms with Crippen LogP contribution in [0.4, 0.5) is 4.79 Å². The van der Waals surface area contributed by atoms with Crippen molar-refractivity contribution in [2.24, 2.45) is 0 Å². The number of methoxy groups -OCH3 is 4. The van der Waals surface area contributed by atoms with Gasteiger partial charge in [0.25, 0.3) is 0 Å². The van der Waals surface area contributed by atoms with Gasteiger partial charge in [0.05, 0.1) is 75.2 Å². The molecule has 2 unspecified atom stereocenters. The van der Waals surface area contributed by atoms with Crippen molar-refractivity contribution in [3.05, 3.63) is 176 Å². The minimum absolute atomic E-state index is 0. The number of esters is 2. The van der Waals surface area contributed by atoms with Gasteiger partial charge in [0.1, 0.15) is 68.8 Å². The number of ether oxygens (including phenoxy) is 16. The fourth-order valence-electron chi connectivity index (χ4n) is 21.4. The number of aryl methyl sites for hydroxylation is 2. The number of piperazine rings is 2. The van der Waals surface area contributed by atoms with Gasteiger partial charge in [-0.05, 0) is 157 Å². The molecular formula is C95H112N8O20S2. The number of aromatic hydroxyl groups is 1. The number of phenols is 1. The third-order valence-electron chi connectivity index (χ3n) is 26.3. The lowest BCUT2D eigenvalue weighted by molar-refractivity contribution is -0.158. The number of nitrogens with one attached hydrogen (secondary N) is 2. The molecule has 14 aliphatic rings. The van der Waals surface area contributed by atoms with Gasteiger partial charge < -0.3 is 80.9 Å². The predicted octanol–water partition coefficient (Wildman–Crippen LogP) is 13.9. The molecule has 0 amide bonds. The zero-order valence-corrected chi connectivity index (χ0v) is 73.2. The Kier molecular flexibility index (Phi) is 24.9. The van der Waals surface area contributed by atoms with E-state index in [2.05, 4.69) is 94.9 Å². The smallest absolute Gasteiger partial charge is 0.504 e. The van der Waals surface area contributed by atoms with Crippen LogP contribution in [0.1, 0.15) is 159 Å². The SMILES string of the molecule is C.C.C=CCOc1c(C)c2c(c3c1[C@H]1SC[C@]4(NCCc5cc(O)c(OC)cc54)C(=O)OC[C@@H]3N3C1[C@H]1c4c(cc(C)c(OC)c4OCC=C)C[C@@H]([C@@H]3C#N)N1C)OCO2.C=CCOc1c(C)c2c(c3c1[C@H]1SC[C@]4(NCCc5cc(OC(=O)OC(C)(C)C)c(OC)cc54)C(=O)OC[C@@H]3N3C1[C@H]1c4c(cc(C)c(OC)c4OCC=C)C[C@@H]([C@@H]3C#N)N1C)OCO2. The molecule has 0 radical (unpaired) electrons. The molecule has 4 saturated heterocycles. The summed E-state index contributed by atoms with van der Waals surface area (Å²) in [5.41, 5.74) is 10.5. The van der Waals surface area contributed by atoms with Gasteiger partial charge in [0.15, 0.2) is 80.1 Å². The highest BCUT2D eigenvalue weighted by molar-refractivity contribution is 7.99. The number of fused-ring (bicyclic) bond motifs is 18. The molecule has 30 heteroatoms. The van der Waals surface area contributed by atoms with Gasteiger partial charge in [-0.3, -0.25) is 30.2 Å². The van der Waals surface area contributed by atoms with E-state index in [1.54, 1.807) is 107 Å². The van der Waals surface area contributed by atoms with Crippen LogP contribution < -0.4 is 72.2 Å². The fraction of sp³-hybridized carbons (Fsp3) is 0.484. The van der Waals surface area contributed by atoms with Crippen LogP contribution in [0, 0.1) is 50.4 Å². The first-order valence-electron chi connectivity index (χ1n) is 41.5. The lowest BCUT2D eigenvalue weighted by Crippen LogP contribution is -2.69. The van der Waals surface area contributed by atoms with Crippen LogP contribution in [-0.2, 0) is 60.6 Å². The first-order valence-corrected chi connectivity index (χ1v) is 43.6. The Morgan fingerprint density at radius 2 is 0.952 bits per heavy atom. The molecule has 2 spiro atoms. The van der Waals surface area contributed by atoms with Crippen molar-refractivity contribution >= 4 is 41.6 Å². The summed E-state index contributed by atoms with van der Waals surface area (Å²) < 4.78 is 99.5. The molecule has 20 rings (SSSR count). The Morgan fingerprint density at radius 1 is 0.544 bits per heavy atom.